The fourth-order valence-corrected chi connectivity index (χ4v) is 2.05. The van der Waals surface area contributed by atoms with Crippen LogP contribution in [0, 0.1) is 0 Å². The van der Waals surface area contributed by atoms with Crippen LogP contribution >= 0.6 is 15.9 Å². The van der Waals surface area contributed by atoms with E-state index in [0.29, 0.717) is 17.9 Å². The largest absolute Gasteiger partial charge is 0.496 e. The number of benzene rings is 1. The Balaban J connectivity index is 2.45. The molecule has 112 valence electrons. The Morgan fingerprint density at radius 1 is 1.30 bits per heavy atom. The molecule has 0 heterocycles. The lowest BCUT2D eigenvalue weighted by atomic mass is 10.1. The lowest BCUT2D eigenvalue weighted by Crippen LogP contribution is -2.25. The van der Waals surface area contributed by atoms with Crippen LogP contribution in [0.5, 0.6) is 5.75 Å². The molecule has 0 aliphatic rings. The molecule has 20 heavy (non-hydrogen) atoms. The second-order valence-corrected chi connectivity index (χ2v) is 5.89. The van der Waals surface area contributed by atoms with Gasteiger partial charge in [0.2, 0.25) is 0 Å². The number of carbonyl (C=O) groups excluding carboxylic acids is 1. The molecule has 0 aromatic heterocycles. The third-order valence-electron chi connectivity index (χ3n) is 3.11. The first-order chi connectivity index (χ1) is 9.39. The number of methoxy groups -OCH3 is 2. The highest BCUT2D eigenvalue weighted by Crippen LogP contribution is 2.25. The van der Waals surface area contributed by atoms with Gasteiger partial charge in [-0.25, -0.2) is 0 Å². The third kappa shape index (κ3) is 5.23. The van der Waals surface area contributed by atoms with Gasteiger partial charge in [-0.3, -0.25) is 4.79 Å². The first-order valence-electron chi connectivity index (χ1n) is 6.39. The standard InChI is InChI=1S/C15H21BrO4/c1-15(2,19-4)7-8-20-10-13(17)11-5-6-14(18-3)12(16)9-11/h5-6,9H,7-8,10H2,1-4H3. The van der Waals surface area contributed by atoms with Crippen molar-refractivity contribution in [3.63, 3.8) is 0 Å². The Labute approximate surface area is 128 Å². The maximum Gasteiger partial charge on any atom is 0.188 e. The summed E-state index contributed by atoms with van der Waals surface area (Å²) < 4.78 is 16.6. The summed E-state index contributed by atoms with van der Waals surface area (Å²) in [6.45, 7) is 4.53. The van der Waals surface area contributed by atoms with Gasteiger partial charge in [0.05, 0.1) is 17.2 Å². The van der Waals surface area contributed by atoms with Crippen LogP contribution in [0.25, 0.3) is 0 Å². The van der Waals surface area contributed by atoms with E-state index in [-0.39, 0.29) is 18.0 Å². The van der Waals surface area contributed by atoms with Crippen LogP contribution in [0.3, 0.4) is 0 Å². The smallest absolute Gasteiger partial charge is 0.188 e. The molecule has 0 amide bonds. The molecule has 0 atom stereocenters. The Hall–Kier alpha value is -0.910. The molecule has 0 bridgehead atoms. The molecule has 0 aliphatic heterocycles. The molecule has 5 heteroatoms. The highest BCUT2D eigenvalue weighted by molar-refractivity contribution is 9.10. The van der Waals surface area contributed by atoms with E-state index in [1.54, 1.807) is 32.4 Å². The van der Waals surface area contributed by atoms with Crippen molar-refractivity contribution in [1.82, 2.24) is 0 Å². The highest BCUT2D eigenvalue weighted by Gasteiger charge is 2.16. The zero-order chi connectivity index (χ0) is 15.2. The molecule has 0 saturated heterocycles. The van der Waals surface area contributed by atoms with Crippen molar-refractivity contribution < 1.29 is 19.0 Å². The number of halogens is 1. The zero-order valence-corrected chi connectivity index (χ0v) is 14.0. The van der Waals surface area contributed by atoms with Crippen molar-refractivity contribution in [1.29, 1.82) is 0 Å². The first-order valence-corrected chi connectivity index (χ1v) is 7.18. The van der Waals surface area contributed by atoms with Crippen molar-refractivity contribution in [2.24, 2.45) is 0 Å². The number of carbonyl (C=O) groups is 1. The average molecular weight is 345 g/mol. The summed E-state index contributed by atoms with van der Waals surface area (Å²) in [4.78, 5) is 12.0. The molecule has 4 nitrogen and oxygen atoms in total. The van der Waals surface area contributed by atoms with Gasteiger partial charge in [0.1, 0.15) is 12.4 Å². The predicted molar refractivity (Wildman–Crippen MR) is 81.5 cm³/mol. The number of Topliss-reactive ketones (excluding diaryl/α,β-unsaturated/α-hetero) is 1. The van der Waals surface area contributed by atoms with E-state index in [2.05, 4.69) is 15.9 Å². The van der Waals surface area contributed by atoms with Gasteiger partial charge in [0, 0.05) is 19.3 Å². The van der Waals surface area contributed by atoms with Crippen molar-refractivity contribution in [2.75, 3.05) is 27.4 Å². The lowest BCUT2D eigenvalue weighted by molar-refractivity contribution is -0.00837. The molecule has 1 aromatic rings. The fraction of sp³-hybridized carbons (Fsp3) is 0.533. The molecule has 0 saturated carbocycles. The Kier molecular flexibility index (Phi) is 6.65. The van der Waals surface area contributed by atoms with E-state index in [9.17, 15) is 4.79 Å². The second kappa shape index (κ2) is 7.76. The van der Waals surface area contributed by atoms with E-state index in [0.717, 1.165) is 10.9 Å². The first kappa shape index (κ1) is 17.1. The fourth-order valence-electron chi connectivity index (χ4n) is 1.51. The summed E-state index contributed by atoms with van der Waals surface area (Å²) >= 11 is 3.36. The Morgan fingerprint density at radius 3 is 2.55 bits per heavy atom. The van der Waals surface area contributed by atoms with Gasteiger partial charge >= 0.3 is 0 Å². The van der Waals surface area contributed by atoms with Gasteiger partial charge in [0.15, 0.2) is 5.78 Å². The minimum absolute atomic E-state index is 0.0522. The summed E-state index contributed by atoms with van der Waals surface area (Å²) in [5, 5.41) is 0. The number of hydrogen-bond donors (Lipinski definition) is 0. The summed E-state index contributed by atoms with van der Waals surface area (Å²) in [6.07, 6.45) is 0.739. The number of ketones is 1. The molecule has 0 spiro atoms. The second-order valence-electron chi connectivity index (χ2n) is 5.04. The molecule has 1 rings (SSSR count). The van der Waals surface area contributed by atoms with E-state index in [1.807, 2.05) is 13.8 Å². The van der Waals surface area contributed by atoms with Crippen LogP contribution in [0.15, 0.2) is 22.7 Å². The van der Waals surface area contributed by atoms with Crippen molar-refractivity contribution in [3.8, 4) is 5.75 Å². The quantitative estimate of drug-likeness (QED) is 0.535. The summed E-state index contributed by atoms with van der Waals surface area (Å²) in [5.74, 6) is 0.646. The molecular weight excluding hydrogens is 324 g/mol. The van der Waals surface area contributed by atoms with Crippen molar-refractivity contribution in [2.45, 2.75) is 25.9 Å². The normalized spacial score (nSPS) is 11.4. The van der Waals surface area contributed by atoms with Gasteiger partial charge < -0.3 is 14.2 Å². The van der Waals surface area contributed by atoms with Crippen LogP contribution in [0.1, 0.15) is 30.6 Å². The van der Waals surface area contributed by atoms with Crippen molar-refractivity contribution in [3.05, 3.63) is 28.2 Å². The van der Waals surface area contributed by atoms with Crippen LogP contribution in [-0.4, -0.2) is 38.8 Å². The molecule has 0 aliphatic carbocycles. The molecule has 1 aromatic carbocycles. The van der Waals surface area contributed by atoms with E-state index in [1.165, 1.54) is 0 Å². The maximum atomic E-state index is 12.0. The molecule has 0 unspecified atom stereocenters. The number of ether oxygens (including phenoxy) is 3. The number of hydrogen-bond acceptors (Lipinski definition) is 4. The molecule has 0 N–H and O–H groups in total. The van der Waals surface area contributed by atoms with Gasteiger partial charge in [-0.1, -0.05) is 0 Å². The minimum Gasteiger partial charge on any atom is -0.496 e. The molecule has 0 radical (unpaired) electrons. The predicted octanol–water partition coefficient (Wildman–Crippen LogP) is 3.47. The SMILES string of the molecule is COc1ccc(C(=O)COCCC(C)(C)OC)cc1Br. The molecule has 0 fully saturated rings. The molecular formula is C15H21BrO4. The number of rotatable bonds is 8. The minimum atomic E-state index is -0.230. The van der Waals surface area contributed by atoms with E-state index in [4.69, 9.17) is 14.2 Å². The van der Waals surface area contributed by atoms with Gasteiger partial charge in [-0.05, 0) is 54.4 Å². The Morgan fingerprint density at radius 2 is 2.00 bits per heavy atom. The van der Waals surface area contributed by atoms with Crippen LogP contribution in [0.2, 0.25) is 0 Å². The van der Waals surface area contributed by atoms with E-state index < -0.39 is 0 Å². The lowest BCUT2D eigenvalue weighted by Gasteiger charge is -2.22. The van der Waals surface area contributed by atoms with Gasteiger partial charge in [0.25, 0.3) is 0 Å². The zero-order valence-electron chi connectivity index (χ0n) is 12.4. The van der Waals surface area contributed by atoms with Crippen LogP contribution < -0.4 is 4.74 Å². The summed E-state index contributed by atoms with van der Waals surface area (Å²) in [6, 6.07) is 5.23. The summed E-state index contributed by atoms with van der Waals surface area (Å²) in [7, 11) is 3.25. The van der Waals surface area contributed by atoms with Crippen LogP contribution in [-0.2, 0) is 9.47 Å². The summed E-state index contributed by atoms with van der Waals surface area (Å²) in [5.41, 5.74) is 0.371. The third-order valence-corrected chi connectivity index (χ3v) is 3.73. The highest BCUT2D eigenvalue weighted by atomic mass is 79.9. The Bertz CT molecular complexity index is 457. The maximum absolute atomic E-state index is 12.0. The van der Waals surface area contributed by atoms with Gasteiger partial charge in [-0.15, -0.1) is 0 Å². The van der Waals surface area contributed by atoms with Crippen LogP contribution in [0.4, 0.5) is 0 Å². The van der Waals surface area contributed by atoms with Gasteiger partial charge in [-0.2, -0.15) is 0 Å². The van der Waals surface area contributed by atoms with E-state index >= 15 is 0 Å². The van der Waals surface area contributed by atoms with Crippen molar-refractivity contribution >= 4 is 21.7 Å². The monoisotopic (exact) mass is 344 g/mol. The topological polar surface area (TPSA) is 44.8 Å². The average Bonchev–Trinajstić information content (AvgIpc) is 2.43.